The largest absolute Gasteiger partial charge is 0.361 e. The average Bonchev–Trinajstić information content (AvgIpc) is 2.74. The summed E-state index contributed by atoms with van der Waals surface area (Å²) in [5, 5.41) is 1.03. The predicted octanol–water partition coefficient (Wildman–Crippen LogP) is 3.72. The quantitative estimate of drug-likeness (QED) is 0.868. The van der Waals surface area contributed by atoms with Crippen LogP contribution in [0.25, 0.3) is 10.9 Å². The Balaban J connectivity index is 1.72. The Morgan fingerprint density at radius 1 is 1.37 bits per heavy atom. The second kappa shape index (κ2) is 5.33. The summed E-state index contributed by atoms with van der Waals surface area (Å²) >= 11 is 0. The fourth-order valence-electron chi connectivity index (χ4n) is 2.97. The highest BCUT2D eigenvalue weighted by molar-refractivity contribution is 5.83. The third-order valence-electron chi connectivity index (χ3n) is 4.40. The molecule has 1 heterocycles. The minimum atomic E-state index is -0.153. The van der Waals surface area contributed by atoms with Gasteiger partial charge >= 0.3 is 0 Å². The molecule has 1 aliphatic carbocycles. The molecular weight excluding hydrogens is 239 g/mol. The van der Waals surface area contributed by atoms with Gasteiger partial charge in [0.15, 0.2) is 0 Å². The molecule has 3 rings (SSSR count). The molecule has 1 aromatic carbocycles. The van der Waals surface area contributed by atoms with Crippen molar-refractivity contribution in [2.45, 2.75) is 38.6 Å². The van der Waals surface area contributed by atoms with Gasteiger partial charge in [-0.1, -0.05) is 13.3 Å². The molecule has 0 saturated heterocycles. The molecule has 102 valence electrons. The van der Waals surface area contributed by atoms with Gasteiger partial charge in [0, 0.05) is 29.7 Å². The van der Waals surface area contributed by atoms with Crippen molar-refractivity contribution in [3.63, 3.8) is 0 Å². The molecule has 3 heteroatoms. The lowest BCUT2D eigenvalue weighted by Gasteiger charge is -2.36. The highest BCUT2D eigenvalue weighted by Gasteiger charge is 2.23. The van der Waals surface area contributed by atoms with E-state index >= 15 is 0 Å². The van der Waals surface area contributed by atoms with E-state index in [4.69, 9.17) is 0 Å². The van der Waals surface area contributed by atoms with E-state index in [1.807, 2.05) is 12.3 Å². The number of halogens is 1. The first-order chi connectivity index (χ1) is 9.28. The SMILES string of the molecule is CCN(CCc1c[nH]c2ccc(F)cc12)C1CCC1. The molecule has 2 aromatic rings. The van der Waals surface area contributed by atoms with Gasteiger partial charge in [0.2, 0.25) is 0 Å². The van der Waals surface area contributed by atoms with E-state index in [0.717, 1.165) is 36.5 Å². The first-order valence-electron chi connectivity index (χ1n) is 7.27. The lowest BCUT2D eigenvalue weighted by Crippen LogP contribution is -2.41. The molecule has 0 amide bonds. The summed E-state index contributed by atoms with van der Waals surface area (Å²) in [5.74, 6) is -0.153. The molecule has 0 radical (unpaired) electrons. The first-order valence-corrected chi connectivity index (χ1v) is 7.27. The van der Waals surface area contributed by atoms with E-state index < -0.39 is 0 Å². The van der Waals surface area contributed by atoms with Crippen molar-refractivity contribution in [2.24, 2.45) is 0 Å². The molecule has 0 spiro atoms. The summed E-state index contributed by atoms with van der Waals surface area (Å²) in [5.41, 5.74) is 2.26. The Kier molecular flexibility index (Phi) is 3.56. The summed E-state index contributed by atoms with van der Waals surface area (Å²) in [6, 6.07) is 5.75. The van der Waals surface area contributed by atoms with Crippen LogP contribution in [-0.4, -0.2) is 29.0 Å². The number of rotatable bonds is 5. The van der Waals surface area contributed by atoms with Crippen molar-refractivity contribution in [1.82, 2.24) is 9.88 Å². The van der Waals surface area contributed by atoms with Gasteiger partial charge in [-0.05, 0) is 49.6 Å². The molecule has 1 aliphatic rings. The molecule has 0 unspecified atom stereocenters. The van der Waals surface area contributed by atoms with Crippen molar-refractivity contribution in [3.8, 4) is 0 Å². The maximum Gasteiger partial charge on any atom is 0.123 e. The summed E-state index contributed by atoms with van der Waals surface area (Å²) in [6.07, 6.45) is 7.08. The average molecular weight is 260 g/mol. The van der Waals surface area contributed by atoms with E-state index in [1.54, 1.807) is 6.07 Å². The molecule has 1 saturated carbocycles. The zero-order valence-corrected chi connectivity index (χ0v) is 11.5. The Morgan fingerprint density at radius 3 is 2.89 bits per heavy atom. The predicted molar refractivity (Wildman–Crippen MR) is 76.8 cm³/mol. The molecule has 0 bridgehead atoms. The number of nitrogens with one attached hydrogen (secondary N) is 1. The minimum absolute atomic E-state index is 0.153. The maximum atomic E-state index is 13.3. The van der Waals surface area contributed by atoms with Gasteiger partial charge < -0.3 is 9.88 Å². The van der Waals surface area contributed by atoms with Crippen LogP contribution >= 0.6 is 0 Å². The molecule has 1 N–H and O–H groups in total. The molecule has 2 nitrogen and oxygen atoms in total. The van der Waals surface area contributed by atoms with Crippen molar-refractivity contribution < 1.29 is 4.39 Å². The molecule has 0 aliphatic heterocycles. The molecular formula is C16H21FN2. The van der Waals surface area contributed by atoms with Gasteiger partial charge in [-0.3, -0.25) is 0 Å². The van der Waals surface area contributed by atoms with Crippen LogP contribution in [0.5, 0.6) is 0 Å². The monoisotopic (exact) mass is 260 g/mol. The van der Waals surface area contributed by atoms with Crippen molar-refractivity contribution in [3.05, 3.63) is 35.8 Å². The van der Waals surface area contributed by atoms with Crippen LogP contribution in [0, 0.1) is 5.82 Å². The molecule has 0 atom stereocenters. The Hall–Kier alpha value is -1.35. The Bertz CT molecular complexity index is 557. The summed E-state index contributed by atoms with van der Waals surface area (Å²) in [7, 11) is 0. The van der Waals surface area contributed by atoms with Gasteiger partial charge in [-0.25, -0.2) is 4.39 Å². The third-order valence-corrected chi connectivity index (χ3v) is 4.40. The number of benzene rings is 1. The van der Waals surface area contributed by atoms with Crippen molar-refractivity contribution >= 4 is 10.9 Å². The van der Waals surface area contributed by atoms with Gasteiger partial charge in [-0.2, -0.15) is 0 Å². The summed E-state index contributed by atoms with van der Waals surface area (Å²) < 4.78 is 13.3. The first kappa shape index (κ1) is 12.7. The fraction of sp³-hybridized carbons (Fsp3) is 0.500. The number of aromatic amines is 1. The summed E-state index contributed by atoms with van der Waals surface area (Å²) in [4.78, 5) is 5.79. The summed E-state index contributed by atoms with van der Waals surface area (Å²) in [6.45, 7) is 4.42. The van der Waals surface area contributed by atoms with Crippen molar-refractivity contribution in [2.75, 3.05) is 13.1 Å². The standard InChI is InChI=1S/C16H21FN2/c1-2-19(14-4-3-5-14)9-8-12-11-18-16-7-6-13(17)10-15(12)16/h6-7,10-11,14,18H,2-5,8-9H2,1H3. The number of H-pyrrole nitrogens is 1. The van der Waals surface area contributed by atoms with E-state index in [9.17, 15) is 4.39 Å². The lowest BCUT2D eigenvalue weighted by molar-refractivity contribution is 0.136. The number of hydrogen-bond acceptors (Lipinski definition) is 1. The Labute approximate surface area is 113 Å². The van der Waals surface area contributed by atoms with E-state index in [2.05, 4.69) is 16.8 Å². The number of hydrogen-bond donors (Lipinski definition) is 1. The van der Waals surface area contributed by atoms with Gasteiger partial charge in [-0.15, -0.1) is 0 Å². The zero-order valence-electron chi connectivity index (χ0n) is 11.5. The van der Waals surface area contributed by atoms with Gasteiger partial charge in [0.1, 0.15) is 5.82 Å². The molecule has 19 heavy (non-hydrogen) atoms. The lowest BCUT2D eigenvalue weighted by atomic mass is 9.91. The van der Waals surface area contributed by atoms with E-state index in [0.29, 0.717) is 0 Å². The maximum absolute atomic E-state index is 13.3. The minimum Gasteiger partial charge on any atom is -0.361 e. The van der Waals surface area contributed by atoms with E-state index in [-0.39, 0.29) is 5.82 Å². The highest BCUT2D eigenvalue weighted by atomic mass is 19.1. The van der Waals surface area contributed by atoms with Crippen LogP contribution in [-0.2, 0) is 6.42 Å². The Morgan fingerprint density at radius 2 is 2.21 bits per heavy atom. The molecule has 1 fully saturated rings. The zero-order chi connectivity index (χ0) is 13.2. The number of aromatic nitrogens is 1. The smallest absolute Gasteiger partial charge is 0.123 e. The highest BCUT2D eigenvalue weighted by Crippen LogP contribution is 2.25. The third kappa shape index (κ3) is 2.52. The van der Waals surface area contributed by atoms with Crippen LogP contribution in [0.15, 0.2) is 24.4 Å². The number of likely N-dealkylation sites (N-methyl/N-ethyl adjacent to an activating group) is 1. The van der Waals surface area contributed by atoms with Crippen LogP contribution in [0.1, 0.15) is 31.7 Å². The van der Waals surface area contributed by atoms with Crippen LogP contribution in [0.4, 0.5) is 4.39 Å². The van der Waals surface area contributed by atoms with Crippen LogP contribution < -0.4 is 0 Å². The van der Waals surface area contributed by atoms with Gasteiger partial charge in [0.05, 0.1) is 0 Å². The second-order valence-electron chi connectivity index (χ2n) is 5.47. The van der Waals surface area contributed by atoms with Crippen LogP contribution in [0.2, 0.25) is 0 Å². The fourth-order valence-corrected chi connectivity index (χ4v) is 2.97. The number of nitrogens with zero attached hydrogens (tertiary/aromatic N) is 1. The van der Waals surface area contributed by atoms with Crippen molar-refractivity contribution in [1.29, 1.82) is 0 Å². The van der Waals surface area contributed by atoms with Crippen LogP contribution in [0.3, 0.4) is 0 Å². The second-order valence-corrected chi connectivity index (χ2v) is 5.47. The molecule has 1 aromatic heterocycles. The topological polar surface area (TPSA) is 19.0 Å². The van der Waals surface area contributed by atoms with Gasteiger partial charge in [0.25, 0.3) is 0 Å². The van der Waals surface area contributed by atoms with E-state index in [1.165, 1.54) is 30.9 Å². The normalized spacial score (nSPS) is 16.2. The number of fused-ring (bicyclic) bond motifs is 1.